The summed E-state index contributed by atoms with van der Waals surface area (Å²) in [6.07, 6.45) is 1.93. The molecule has 0 N–H and O–H groups in total. The normalized spacial score (nSPS) is 8.75. The number of unbranched alkanes of at least 4 members (excludes halogenated alkanes) is 1. The Bertz CT molecular complexity index is 249. The molecular weight excluding hydrogens is 302 g/mol. The molecule has 0 aliphatic carbocycles. The molecule has 16 heavy (non-hydrogen) atoms. The van der Waals surface area contributed by atoms with Crippen molar-refractivity contribution in [2.24, 2.45) is 0 Å². The van der Waals surface area contributed by atoms with Crippen LogP contribution in [0.4, 0.5) is 0 Å². The quantitative estimate of drug-likeness (QED) is 0.429. The Hall–Kier alpha value is -0.160. The van der Waals surface area contributed by atoms with Gasteiger partial charge in [0.25, 0.3) is 0 Å². The highest BCUT2D eigenvalue weighted by Crippen LogP contribution is 2.03. The van der Waals surface area contributed by atoms with Gasteiger partial charge in [0.1, 0.15) is 0 Å². The van der Waals surface area contributed by atoms with Crippen LogP contribution in [0, 0.1) is 0 Å². The van der Waals surface area contributed by atoms with Gasteiger partial charge in [0.05, 0.1) is 0 Å². The third-order valence-electron chi connectivity index (χ3n) is 1.15. The van der Waals surface area contributed by atoms with Crippen molar-refractivity contribution in [1.82, 2.24) is 0 Å². The highest BCUT2D eigenvalue weighted by Gasteiger charge is 2.02. The molecule has 92 valence electrons. The van der Waals surface area contributed by atoms with Gasteiger partial charge in [-0.15, -0.1) is 0 Å². The van der Waals surface area contributed by atoms with Crippen LogP contribution in [0.5, 0.6) is 0 Å². The van der Waals surface area contributed by atoms with Crippen LogP contribution in [0.25, 0.3) is 0 Å². The summed E-state index contributed by atoms with van der Waals surface area (Å²) >= 11 is 19.1. The van der Waals surface area contributed by atoms with Crippen LogP contribution in [-0.2, 0) is 19.2 Å². The summed E-state index contributed by atoms with van der Waals surface area (Å²) in [6.45, 7) is 0. The minimum atomic E-state index is -1.14. The van der Waals surface area contributed by atoms with E-state index in [4.69, 9.17) is 23.2 Å². The third-order valence-corrected chi connectivity index (χ3v) is 1.97. The molecular formula is C8H8Cl4O4. The van der Waals surface area contributed by atoms with E-state index in [1.54, 1.807) is 0 Å². The second-order valence-corrected chi connectivity index (χ2v) is 3.99. The average Bonchev–Trinajstić information content (AvgIpc) is 2.12. The molecule has 0 heterocycles. The number of rotatable bonds is 6. The fraction of sp³-hybridized carbons (Fsp3) is 0.500. The third kappa shape index (κ3) is 19.4. The van der Waals surface area contributed by atoms with Crippen molar-refractivity contribution in [1.29, 1.82) is 0 Å². The zero-order chi connectivity index (χ0) is 13.1. The predicted octanol–water partition coefficient (Wildman–Crippen LogP) is 2.59. The standard InChI is InChI=1S/C6H8Cl2O2.C2Cl2O2/c7-5(9)3-1-2-4-6(8)10;3-1(5)2(4)6/h1-4H2;. The molecule has 0 aromatic rings. The number of hydrogen-bond acceptors (Lipinski definition) is 4. The monoisotopic (exact) mass is 308 g/mol. The fourth-order valence-electron chi connectivity index (χ4n) is 0.528. The Kier molecular flexibility index (Phi) is 12.9. The van der Waals surface area contributed by atoms with Gasteiger partial charge in [-0.3, -0.25) is 19.2 Å². The molecule has 4 nitrogen and oxygen atoms in total. The second kappa shape index (κ2) is 11.3. The zero-order valence-electron chi connectivity index (χ0n) is 7.97. The van der Waals surface area contributed by atoms with Gasteiger partial charge in [-0.2, -0.15) is 0 Å². The SMILES string of the molecule is O=C(Cl)C(=O)Cl.O=C(Cl)CCCCC(=O)Cl. The Morgan fingerprint density at radius 3 is 1.00 bits per heavy atom. The fourth-order valence-corrected chi connectivity index (χ4v) is 0.795. The van der Waals surface area contributed by atoms with E-state index in [0.29, 0.717) is 25.7 Å². The molecule has 0 aliphatic heterocycles. The van der Waals surface area contributed by atoms with Crippen molar-refractivity contribution in [2.75, 3.05) is 0 Å². The lowest BCUT2D eigenvalue weighted by Crippen LogP contribution is -1.94. The minimum Gasteiger partial charge on any atom is -0.281 e. The summed E-state index contributed by atoms with van der Waals surface area (Å²) in [6, 6.07) is 0. The number of hydrogen-bond donors (Lipinski definition) is 0. The molecule has 8 heteroatoms. The Morgan fingerprint density at radius 1 is 0.625 bits per heavy atom. The molecule has 0 aromatic heterocycles. The molecule has 0 amide bonds. The molecule has 0 aliphatic rings. The van der Waals surface area contributed by atoms with Gasteiger partial charge in [-0.25, -0.2) is 0 Å². The van der Waals surface area contributed by atoms with E-state index in [1.165, 1.54) is 0 Å². The Labute approximate surface area is 112 Å². The first-order valence-corrected chi connectivity index (χ1v) is 5.54. The van der Waals surface area contributed by atoms with Crippen molar-refractivity contribution < 1.29 is 19.2 Å². The molecule has 0 saturated heterocycles. The number of carbonyl (C=O) groups excluding carboxylic acids is 4. The highest BCUT2D eigenvalue weighted by molar-refractivity contribution is 6.97. The van der Waals surface area contributed by atoms with Crippen LogP contribution in [0.15, 0.2) is 0 Å². The van der Waals surface area contributed by atoms with E-state index < -0.39 is 10.5 Å². The first kappa shape index (κ1) is 18.2. The smallest absolute Gasteiger partial charge is 0.281 e. The Balaban J connectivity index is 0. The van der Waals surface area contributed by atoms with E-state index in [1.807, 2.05) is 0 Å². The summed E-state index contributed by atoms with van der Waals surface area (Å²) in [5, 5.41) is -3.00. The van der Waals surface area contributed by atoms with Gasteiger partial charge in [0, 0.05) is 12.8 Å². The van der Waals surface area contributed by atoms with Gasteiger partial charge < -0.3 is 0 Å². The number of carbonyl (C=O) groups is 4. The van der Waals surface area contributed by atoms with Gasteiger partial charge in [-0.1, -0.05) is 0 Å². The van der Waals surface area contributed by atoms with Crippen LogP contribution in [-0.4, -0.2) is 21.0 Å². The maximum absolute atomic E-state index is 10.1. The molecule has 0 atom stereocenters. The van der Waals surface area contributed by atoms with Gasteiger partial charge in [0.2, 0.25) is 10.5 Å². The zero-order valence-corrected chi connectivity index (χ0v) is 11.0. The van der Waals surface area contributed by atoms with Crippen LogP contribution in [0.3, 0.4) is 0 Å². The van der Waals surface area contributed by atoms with Crippen molar-refractivity contribution in [3.63, 3.8) is 0 Å². The molecule has 0 radical (unpaired) electrons. The highest BCUT2D eigenvalue weighted by atomic mass is 35.5. The summed E-state index contributed by atoms with van der Waals surface area (Å²) in [7, 11) is 0. The van der Waals surface area contributed by atoms with Crippen LogP contribution >= 0.6 is 46.4 Å². The number of halogens is 4. The van der Waals surface area contributed by atoms with Crippen molar-refractivity contribution in [3.8, 4) is 0 Å². The first-order valence-electron chi connectivity index (χ1n) is 4.03. The molecule has 0 saturated carbocycles. The maximum atomic E-state index is 10.1. The van der Waals surface area contributed by atoms with E-state index in [0.717, 1.165) is 0 Å². The maximum Gasteiger partial charge on any atom is 0.304 e. The summed E-state index contributed by atoms with van der Waals surface area (Å²) in [5.74, 6) is 0. The van der Waals surface area contributed by atoms with E-state index >= 15 is 0 Å². The lowest BCUT2D eigenvalue weighted by molar-refractivity contribution is -0.127. The van der Waals surface area contributed by atoms with Gasteiger partial charge in [0.15, 0.2) is 0 Å². The summed E-state index contributed by atoms with van der Waals surface area (Å²) < 4.78 is 0. The molecule has 0 bridgehead atoms. The van der Waals surface area contributed by atoms with Gasteiger partial charge >= 0.3 is 10.5 Å². The summed E-state index contributed by atoms with van der Waals surface area (Å²) in [5.41, 5.74) is 0. The average molecular weight is 310 g/mol. The van der Waals surface area contributed by atoms with Crippen molar-refractivity contribution in [3.05, 3.63) is 0 Å². The van der Waals surface area contributed by atoms with Crippen molar-refractivity contribution in [2.45, 2.75) is 25.7 Å². The van der Waals surface area contributed by atoms with E-state index in [-0.39, 0.29) is 10.5 Å². The topological polar surface area (TPSA) is 68.3 Å². The molecule has 0 rings (SSSR count). The van der Waals surface area contributed by atoms with Crippen LogP contribution in [0.1, 0.15) is 25.7 Å². The van der Waals surface area contributed by atoms with E-state index in [2.05, 4.69) is 23.2 Å². The van der Waals surface area contributed by atoms with Crippen molar-refractivity contribution >= 4 is 67.4 Å². The van der Waals surface area contributed by atoms with Crippen LogP contribution < -0.4 is 0 Å². The largest absolute Gasteiger partial charge is 0.304 e. The molecule has 0 aromatic carbocycles. The lowest BCUT2D eigenvalue weighted by Gasteiger charge is -1.91. The Morgan fingerprint density at radius 2 is 0.875 bits per heavy atom. The second-order valence-electron chi connectivity index (χ2n) is 2.46. The van der Waals surface area contributed by atoms with Gasteiger partial charge in [-0.05, 0) is 59.2 Å². The van der Waals surface area contributed by atoms with Crippen LogP contribution in [0.2, 0.25) is 0 Å². The van der Waals surface area contributed by atoms with E-state index in [9.17, 15) is 19.2 Å². The molecule has 0 spiro atoms. The predicted molar refractivity (Wildman–Crippen MR) is 61.9 cm³/mol. The minimum absolute atomic E-state index is 0.325. The first-order chi connectivity index (χ1) is 7.27. The molecule has 0 unspecified atom stereocenters. The summed E-state index contributed by atoms with van der Waals surface area (Å²) in [4.78, 5) is 39.1. The molecule has 0 fully saturated rings. The lowest BCUT2D eigenvalue weighted by atomic mass is 10.2.